The first-order valence-corrected chi connectivity index (χ1v) is 4.28. The second-order valence-electron chi connectivity index (χ2n) is 3.02. The van der Waals surface area contributed by atoms with E-state index < -0.39 is 12.0 Å². The van der Waals surface area contributed by atoms with Gasteiger partial charge in [0.2, 0.25) is 0 Å². The monoisotopic (exact) mass is 212 g/mol. The lowest BCUT2D eigenvalue weighted by atomic mass is 10.3. The summed E-state index contributed by atoms with van der Waals surface area (Å²) in [5.74, 6) is -1.07. The number of carbonyl (C=O) groups excluding carboxylic acids is 1. The molecule has 0 bridgehead atoms. The minimum absolute atomic E-state index is 0.377. The van der Waals surface area contributed by atoms with Crippen LogP contribution in [0.5, 0.6) is 0 Å². The van der Waals surface area contributed by atoms with Crippen LogP contribution in [0.3, 0.4) is 0 Å². The van der Waals surface area contributed by atoms with Gasteiger partial charge in [-0.15, -0.1) is 0 Å². The van der Waals surface area contributed by atoms with Crippen LogP contribution >= 0.6 is 0 Å². The Kier molecular flexibility index (Phi) is 3.67. The molecule has 15 heavy (non-hydrogen) atoms. The van der Waals surface area contributed by atoms with Crippen LogP contribution < -0.4 is 5.32 Å². The molecule has 0 aliphatic rings. The molecule has 2 amide bonds. The molecule has 0 saturated carbocycles. The number of nitrogens with zero attached hydrogens (tertiary/aromatic N) is 2. The molecule has 7 nitrogen and oxygen atoms in total. The van der Waals surface area contributed by atoms with E-state index in [0.29, 0.717) is 6.54 Å². The highest BCUT2D eigenvalue weighted by Crippen LogP contribution is 1.98. The summed E-state index contributed by atoms with van der Waals surface area (Å²) in [6, 6.07) is -0.432. The molecule has 0 atom stereocenters. The van der Waals surface area contributed by atoms with Crippen LogP contribution in [-0.2, 0) is 11.3 Å². The van der Waals surface area contributed by atoms with Gasteiger partial charge < -0.3 is 15.3 Å². The Bertz CT molecular complexity index is 336. The van der Waals surface area contributed by atoms with Crippen molar-refractivity contribution in [2.24, 2.45) is 0 Å². The van der Waals surface area contributed by atoms with Crippen molar-refractivity contribution in [3.05, 3.63) is 18.0 Å². The quantitative estimate of drug-likeness (QED) is 0.634. The summed E-state index contributed by atoms with van der Waals surface area (Å²) in [6.45, 7) is -0.00346. The van der Waals surface area contributed by atoms with E-state index >= 15 is 0 Å². The SMILES string of the molecule is CN(Cc1cn[nH]c1)C(=O)NCC(=O)O. The van der Waals surface area contributed by atoms with Gasteiger partial charge in [0, 0.05) is 18.8 Å². The van der Waals surface area contributed by atoms with Crippen LogP contribution in [0, 0.1) is 0 Å². The number of hydrogen-bond acceptors (Lipinski definition) is 3. The predicted molar refractivity (Wildman–Crippen MR) is 51.1 cm³/mol. The van der Waals surface area contributed by atoms with Crippen molar-refractivity contribution >= 4 is 12.0 Å². The van der Waals surface area contributed by atoms with Crippen LogP contribution in [-0.4, -0.2) is 45.8 Å². The number of carboxylic acid groups (broad SMARTS) is 1. The first kappa shape index (κ1) is 11.0. The maximum atomic E-state index is 11.3. The van der Waals surface area contributed by atoms with E-state index in [4.69, 9.17) is 5.11 Å². The van der Waals surface area contributed by atoms with Gasteiger partial charge in [-0.05, 0) is 0 Å². The molecule has 0 aliphatic carbocycles. The number of aromatic nitrogens is 2. The van der Waals surface area contributed by atoms with E-state index in [1.54, 1.807) is 19.4 Å². The second-order valence-corrected chi connectivity index (χ2v) is 3.02. The molecular weight excluding hydrogens is 200 g/mol. The molecule has 1 rings (SSSR count). The minimum Gasteiger partial charge on any atom is -0.480 e. The average Bonchev–Trinajstić information content (AvgIpc) is 2.66. The molecule has 0 fully saturated rings. The third kappa shape index (κ3) is 3.67. The van der Waals surface area contributed by atoms with Crippen LogP contribution in [0.4, 0.5) is 4.79 Å². The molecule has 1 aromatic rings. The summed E-state index contributed by atoms with van der Waals surface area (Å²) in [5.41, 5.74) is 0.850. The van der Waals surface area contributed by atoms with Gasteiger partial charge in [0.1, 0.15) is 6.54 Å². The number of carbonyl (C=O) groups is 2. The van der Waals surface area contributed by atoms with Gasteiger partial charge in [-0.1, -0.05) is 0 Å². The lowest BCUT2D eigenvalue weighted by Gasteiger charge is -2.15. The van der Waals surface area contributed by atoms with Gasteiger partial charge in [0.25, 0.3) is 0 Å². The molecule has 7 heteroatoms. The fourth-order valence-corrected chi connectivity index (χ4v) is 0.996. The van der Waals surface area contributed by atoms with Gasteiger partial charge in [-0.2, -0.15) is 5.10 Å². The molecule has 0 radical (unpaired) electrons. The predicted octanol–water partition coefficient (Wildman–Crippen LogP) is -0.364. The van der Waals surface area contributed by atoms with Crippen molar-refractivity contribution in [3.63, 3.8) is 0 Å². The Hall–Kier alpha value is -2.05. The summed E-state index contributed by atoms with van der Waals surface area (Å²) >= 11 is 0. The first-order chi connectivity index (χ1) is 7.09. The van der Waals surface area contributed by atoms with Gasteiger partial charge in [-0.3, -0.25) is 9.89 Å². The lowest BCUT2D eigenvalue weighted by Crippen LogP contribution is -2.39. The molecular formula is C8H12N4O3. The van der Waals surface area contributed by atoms with Gasteiger partial charge in [0.15, 0.2) is 0 Å². The Balaban J connectivity index is 2.36. The number of aromatic amines is 1. The third-order valence-corrected chi connectivity index (χ3v) is 1.71. The van der Waals surface area contributed by atoms with Crippen LogP contribution in [0.25, 0.3) is 0 Å². The zero-order chi connectivity index (χ0) is 11.3. The number of amides is 2. The fraction of sp³-hybridized carbons (Fsp3) is 0.375. The van der Waals surface area contributed by atoms with Crippen molar-refractivity contribution < 1.29 is 14.7 Å². The Morgan fingerprint density at radius 3 is 2.93 bits per heavy atom. The number of H-pyrrole nitrogens is 1. The van der Waals surface area contributed by atoms with Crippen molar-refractivity contribution in [1.82, 2.24) is 20.4 Å². The molecule has 0 saturated heterocycles. The van der Waals surface area contributed by atoms with Crippen LogP contribution in [0.15, 0.2) is 12.4 Å². The van der Waals surface area contributed by atoms with E-state index in [1.807, 2.05) is 0 Å². The topological polar surface area (TPSA) is 98.3 Å². The molecule has 0 aliphatic heterocycles. The Labute approximate surface area is 86.1 Å². The lowest BCUT2D eigenvalue weighted by molar-refractivity contribution is -0.135. The highest BCUT2D eigenvalue weighted by atomic mass is 16.4. The Morgan fingerprint density at radius 2 is 2.40 bits per heavy atom. The molecule has 0 spiro atoms. The molecule has 0 aromatic carbocycles. The number of aliphatic carboxylic acids is 1. The van der Waals surface area contributed by atoms with Crippen molar-refractivity contribution in [3.8, 4) is 0 Å². The first-order valence-electron chi connectivity index (χ1n) is 4.28. The number of hydrogen-bond donors (Lipinski definition) is 3. The molecule has 0 unspecified atom stereocenters. The van der Waals surface area contributed by atoms with Crippen molar-refractivity contribution in [1.29, 1.82) is 0 Å². The zero-order valence-corrected chi connectivity index (χ0v) is 8.23. The highest BCUT2D eigenvalue weighted by molar-refractivity contribution is 5.79. The van der Waals surface area contributed by atoms with Crippen molar-refractivity contribution in [2.45, 2.75) is 6.54 Å². The number of urea groups is 1. The van der Waals surface area contributed by atoms with E-state index in [9.17, 15) is 9.59 Å². The van der Waals surface area contributed by atoms with Crippen LogP contribution in [0.2, 0.25) is 0 Å². The number of carboxylic acids is 1. The smallest absolute Gasteiger partial charge is 0.323 e. The molecule has 1 aromatic heterocycles. The van der Waals surface area contributed by atoms with Gasteiger partial charge >= 0.3 is 12.0 Å². The number of nitrogens with one attached hydrogen (secondary N) is 2. The zero-order valence-electron chi connectivity index (χ0n) is 8.23. The third-order valence-electron chi connectivity index (χ3n) is 1.71. The van der Waals surface area contributed by atoms with Crippen LogP contribution in [0.1, 0.15) is 5.56 Å². The number of rotatable bonds is 4. The molecule has 3 N–H and O–H groups in total. The normalized spacial score (nSPS) is 9.67. The summed E-state index contributed by atoms with van der Waals surface area (Å²) in [5, 5.41) is 17.0. The second kappa shape index (κ2) is 4.99. The Morgan fingerprint density at radius 1 is 1.67 bits per heavy atom. The highest BCUT2D eigenvalue weighted by Gasteiger charge is 2.10. The largest absolute Gasteiger partial charge is 0.480 e. The van der Waals surface area contributed by atoms with E-state index in [2.05, 4.69) is 15.5 Å². The standard InChI is InChI=1S/C8H12N4O3/c1-12(5-6-2-10-11-3-6)8(15)9-4-7(13)14/h2-3H,4-5H2,1H3,(H,9,15)(H,10,11)(H,13,14). The summed E-state index contributed by atoms with van der Waals surface area (Å²) in [7, 11) is 1.57. The van der Waals surface area contributed by atoms with E-state index in [0.717, 1.165) is 5.56 Å². The summed E-state index contributed by atoms with van der Waals surface area (Å²) in [6.07, 6.45) is 3.27. The molecule has 1 heterocycles. The maximum absolute atomic E-state index is 11.3. The van der Waals surface area contributed by atoms with E-state index in [1.165, 1.54) is 4.90 Å². The van der Waals surface area contributed by atoms with Gasteiger partial charge in [0.05, 0.1) is 12.7 Å². The fourth-order valence-electron chi connectivity index (χ4n) is 0.996. The minimum atomic E-state index is -1.07. The molecule has 82 valence electrons. The van der Waals surface area contributed by atoms with E-state index in [-0.39, 0.29) is 6.54 Å². The maximum Gasteiger partial charge on any atom is 0.323 e. The summed E-state index contributed by atoms with van der Waals surface area (Å²) in [4.78, 5) is 22.9. The van der Waals surface area contributed by atoms with Crippen molar-refractivity contribution in [2.75, 3.05) is 13.6 Å². The average molecular weight is 212 g/mol. The summed E-state index contributed by atoms with van der Waals surface area (Å²) < 4.78 is 0. The van der Waals surface area contributed by atoms with Gasteiger partial charge in [-0.25, -0.2) is 4.79 Å².